The van der Waals surface area contributed by atoms with Gasteiger partial charge < -0.3 is 10.3 Å². The highest BCUT2D eigenvalue weighted by Gasteiger charge is 2.19. The number of anilines is 1. The smallest absolute Gasteiger partial charge is 0.225 e. The van der Waals surface area contributed by atoms with Crippen LogP contribution in [0.1, 0.15) is 25.1 Å². The maximum atomic E-state index is 5.83. The van der Waals surface area contributed by atoms with E-state index in [0.717, 1.165) is 28.9 Å². The van der Waals surface area contributed by atoms with Crippen LogP contribution in [0.3, 0.4) is 0 Å². The molecular weight excluding hydrogens is 216 g/mol. The Labute approximate surface area is 101 Å². The molecule has 2 aromatic rings. The van der Waals surface area contributed by atoms with Gasteiger partial charge in [0.2, 0.25) is 5.88 Å². The molecule has 2 heterocycles. The van der Waals surface area contributed by atoms with Crippen molar-refractivity contribution in [3.05, 3.63) is 17.5 Å². The first-order valence-electron chi connectivity index (χ1n) is 5.73. The molecule has 0 aliphatic rings. The molecule has 0 radical (unpaired) electrons. The van der Waals surface area contributed by atoms with Gasteiger partial charge in [0.1, 0.15) is 5.69 Å². The molecule has 0 atom stereocenters. The lowest BCUT2D eigenvalue weighted by molar-refractivity contribution is 0.438. The summed E-state index contributed by atoms with van der Waals surface area (Å²) >= 11 is 0. The van der Waals surface area contributed by atoms with Crippen molar-refractivity contribution in [2.24, 2.45) is 13.0 Å². The zero-order valence-corrected chi connectivity index (χ0v) is 10.7. The van der Waals surface area contributed by atoms with Crippen molar-refractivity contribution in [1.82, 2.24) is 14.9 Å². The standard InChI is InChI=1S/C12H18N4O/c1-7(2)5-9-11(15-17-12(9)13)10-6-16(4)14-8(10)3/h6-7H,5,13H2,1-4H3. The second-order valence-electron chi connectivity index (χ2n) is 4.77. The SMILES string of the molecule is Cc1nn(C)cc1-c1noc(N)c1CC(C)C. The Balaban J connectivity index is 2.48. The molecule has 0 saturated heterocycles. The predicted molar refractivity (Wildman–Crippen MR) is 66.4 cm³/mol. The first-order chi connectivity index (χ1) is 7.99. The number of hydrogen-bond donors (Lipinski definition) is 1. The topological polar surface area (TPSA) is 69.9 Å². The number of nitrogens with zero attached hydrogens (tertiary/aromatic N) is 3. The van der Waals surface area contributed by atoms with Crippen molar-refractivity contribution in [1.29, 1.82) is 0 Å². The van der Waals surface area contributed by atoms with Crippen molar-refractivity contribution < 1.29 is 4.52 Å². The highest BCUT2D eigenvalue weighted by molar-refractivity contribution is 5.68. The molecule has 5 heteroatoms. The summed E-state index contributed by atoms with van der Waals surface area (Å²) in [6, 6.07) is 0. The van der Waals surface area contributed by atoms with E-state index in [1.807, 2.05) is 20.2 Å². The fourth-order valence-electron chi connectivity index (χ4n) is 1.97. The van der Waals surface area contributed by atoms with E-state index < -0.39 is 0 Å². The second-order valence-corrected chi connectivity index (χ2v) is 4.77. The molecule has 0 aromatic carbocycles. The number of aryl methyl sites for hydroxylation is 2. The number of aromatic nitrogens is 3. The van der Waals surface area contributed by atoms with Gasteiger partial charge in [-0.1, -0.05) is 19.0 Å². The minimum absolute atomic E-state index is 0.414. The van der Waals surface area contributed by atoms with E-state index >= 15 is 0 Å². The van der Waals surface area contributed by atoms with Gasteiger partial charge >= 0.3 is 0 Å². The first kappa shape index (κ1) is 11.7. The number of hydrogen-bond acceptors (Lipinski definition) is 4. The molecule has 2 N–H and O–H groups in total. The van der Waals surface area contributed by atoms with E-state index in [0.29, 0.717) is 11.8 Å². The fraction of sp³-hybridized carbons (Fsp3) is 0.500. The Hall–Kier alpha value is -1.78. The van der Waals surface area contributed by atoms with Gasteiger partial charge in [-0.3, -0.25) is 4.68 Å². The monoisotopic (exact) mass is 234 g/mol. The Kier molecular flexibility index (Phi) is 2.92. The normalized spacial score (nSPS) is 11.4. The minimum atomic E-state index is 0.414. The van der Waals surface area contributed by atoms with Crippen LogP contribution in [0.5, 0.6) is 0 Å². The maximum Gasteiger partial charge on any atom is 0.225 e. The lowest BCUT2D eigenvalue weighted by atomic mass is 10.00. The van der Waals surface area contributed by atoms with Crippen molar-refractivity contribution in [2.75, 3.05) is 5.73 Å². The van der Waals surface area contributed by atoms with Crippen LogP contribution >= 0.6 is 0 Å². The van der Waals surface area contributed by atoms with E-state index in [1.54, 1.807) is 4.68 Å². The van der Waals surface area contributed by atoms with E-state index in [4.69, 9.17) is 10.3 Å². The molecule has 92 valence electrons. The molecule has 0 aliphatic heterocycles. The Morgan fingerprint density at radius 1 is 1.47 bits per heavy atom. The second kappa shape index (κ2) is 4.24. The number of nitrogens with two attached hydrogens (primary N) is 1. The molecule has 5 nitrogen and oxygen atoms in total. The van der Waals surface area contributed by atoms with E-state index in [-0.39, 0.29) is 0 Å². The summed E-state index contributed by atoms with van der Waals surface area (Å²) in [4.78, 5) is 0. The Morgan fingerprint density at radius 2 is 2.18 bits per heavy atom. The van der Waals surface area contributed by atoms with E-state index in [2.05, 4.69) is 24.1 Å². The summed E-state index contributed by atoms with van der Waals surface area (Å²) in [6.45, 7) is 6.25. The third-order valence-electron chi connectivity index (χ3n) is 2.70. The van der Waals surface area contributed by atoms with Crippen LogP contribution in [0.25, 0.3) is 11.3 Å². The lowest BCUT2D eigenvalue weighted by Crippen LogP contribution is -1.98. The molecular formula is C12H18N4O. The molecule has 2 rings (SSSR count). The summed E-state index contributed by atoms with van der Waals surface area (Å²) < 4.78 is 6.88. The van der Waals surface area contributed by atoms with Gasteiger partial charge in [-0.15, -0.1) is 0 Å². The van der Waals surface area contributed by atoms with E-state index in [1.165, 1.54) is 0 Å². The summed E-state index contributed by atoms with van der Waals surface area (Å²) in [5.74, 6) is 0.921. The average molecular weight is 234 g/mol. The van der Waals surface area contributed by atoms with Crippen LogP contribution in [0.15, 0.2) is 10.7 Å². The lowest BCUT2D eigenvalue weighted by Gasteiger charge is -2.04. The van der Waals surface area contributed by atoms with Crippen LogP contribution in [-0.2, 0) is 13.5 Å². The van der Waals surface area contributed by atoms with Gasteiger partial charge in [-0.2, -0.15) is 5.10 Å². The summed E-state index contributed by atoms with van der Waals surface area (Å²) in [7, 11) is 1.89. The van der Waals surface area contributed by atoms with Gasteiger partial charge in [-0.25, -0.2) is 0 Å². The zero-order chi connectivity index (χ0) is 12.6. The zero-order valence-electron chi connectivity index (χ0n) is 10.7. The third kappa shape index (κ3) is 2.18. The number of rotatable bonds is 3. The average Bonchev–Trinajstić information content (AvgIpc) is 2.71. The molecule has 0 bridgehead atoms. The fourth-order valence-corrected chi connectivity index (χ4v) is 1.97. The largest absolute Gasteiger partial charge is 0.367 e. The van der Waals surface area contributed by atoms with Crippen molar-refractivity contribution in [3.8, 4) is 11.3 Å². The highest BCUT2D eigenvalue weighted by Crippen LogP contribution is 2.30. The number of nitrogen functional groups attached to an aromatic ring is 1. The van der Waals surface area contributed by atoms with Gasteiger partial charge in [0.15, 0.2) is 0 Å². The summed E-state index contributed by atoms with van der Waals surface area (Å²) in [5, 5.41) is 8.37. The molecule has 2 aromatic heterocycles. The van der Waals surface area contributed by atoms with Crippen LogP contribution in [0.2, 0.25) is 0 Å². The molecule has 0 aliphatic carbocycles. The maximum absolute atomic E-state index is 5.83. The van der Waals surface area contributed by atoms with Crippen molar-refractivity contribution in [2.45, 2.75) is 27.2 Å². The minimum Gasteiger partial charge on any atom is -0.367 e. The molecule has 0 unspecified atom stereocenters. The van der Waals surface area contributed by atoms with Gasteiger partial charge in [0, 0.05) is 24.4 Å². The Bertz CT molecular complexity index is 525. The molecule has 17 heavy (non-hydrogen) atoms. The Morgan fingerprint density at radius 3 is 2.71 bits per heavy atom. The summed E-state index contributed by atoms with van der Waals surface area (Å²) in [5.41, 5.74) is 9.56. The first-order valence-corrected chi connectivity index (χ1v) is 5.73. The van der Waals surface area contributed by atoms with Gasteiger partial charge in [0.05, 0.1) is 5.69 Å². The van der Waals surface area contributed by atoms with E-state index in [9.17, 15) is 0 Å². The highest BCUT2D eigenvalue weighted by atomic mass is 16.5. The molecule has 0 amide bonds. The molecule has 0 spiro atoms. The van der Waals surface area contributed by atoms with Crippen LogP contribution in [-0.4, -0.2) is 14.9 Å². The quantitative estimate of drug-likeness (QED) is 0.883. The van der Waals surface area contributed by atoms with Crippen LogP contribution in [0.4, 0.5) is 5.88 Å². The van der Waals surface area contributed by atoms with Crippen molar-refractivity contribution >= 4 is 5.88 Å². The van der Waals surface area contributed by atoms with Gasteiger partial charge in [0.25, 0.3) is 0 Å². The molecule has 0 saturated carbocycles. The molecule has 0 fully saturated rings. The summed E-state index contributed by atoms with van der Waals surface area (Å²) in [6.07, 6.45) is 2.80. The third-order valence-corrected chi connectivity index (χ3v) is 2.70. The predicted octanol–water partition coefficient (Wildman–Crippen LogP) is 2.16. The van der Waals surface area contributed by atoms with Crippen molar-refractivity contribution in [3.63, 3.8) is 0 Å². The van der Waals surface area contributed by atoms with Crippen LogP contribution < -0.4 is 5.73 Å². The van der Waals surface area contributed by atoms with Gasteiger partial charge in [-0.05, 0) is 19.3 Å². The van der Waals surface area contributed by atoms with Crippen LogP contribution in [0, 0.1) is 12.8 Å².